The zero-order valence-electron chi connectivity index (χ0n) is 11.3. The van der Waals surface area contributed by atoms with Crippen molar-refractivity contribution in [1.82, 2.24) is 5.32 Å². The monoisotopic (exact) mass is 287 g/mol. The summed E-state index contributed by atoms with van der Waals surface area (Å²) in [5.74, 6) is 1.94. The Labute approximate surface area is 119 Å². The summed E-state index contributed by atoms with van der Waals surface area (Å²) in [5, 5.41) is 4.08. The predicted octanol–water partition coefficient (Wildman–Crippen LogP) is 3.97. The molecule has 0 saturated heterocycles. The number of nitrogens with one attached hydrogen (secondary N) is 1. The van der Waals surface area contributed by atoms with E-state index in [1.165, 1.54) is 0 Å². The van der Waals surface area contributed by atoms with Gasteiger partial charge in [0.1, 0.15) is 5.75 Å². The fourth-order valence-electron chi connectivity index (χ4n) is 1.55. The Hall–Kier alpha value is -0.380. The fourth-order valence-corrected chi connectivity index (χ4v) is 2.20. The van der Waals surface area contributed by atoms with Gasteiger partial charge in [0.2, 0.25) is 0 Å². The largest absolute Gasteiger partial charge is 0.492 e. The number of hydrogen-bond acceptors (Lipinski definition) is 3. The molecule has 0 bridgehead atoms. The molecule has 1 aromatic rings. The maximum Gasteiger partial charge on any atom is 0.142 e. The van der Waals surface area contributed by atoms with Gasteiger partial charge in [-0.3, -0.25) is 0 Å². The molecule has 0 amide bonds. The molecule has 0 aliphatic heterocycles. The van der Waals surface area contributed by atoms with E-state index in [0.717, 1.165) is 36.6 Å². The molecule has 0 radical (unpaired) electrons. The van der Waals surface area contributed by atoms with Crippen LogP contribution in [0.5, 0.6) is 5.75 Å². The highest BCUT2D eigenvalue weighted by Gasteiger charge is 2.08. The Morgan fingerprint density at radius 1 is 1.39 bits per heavy atom. The van der Waals surface area contributed by atoms with E-state index in [4.69, 9.17) is 16.3 Å². The molecule has 0 saturated carbocycles. The topological polar surface area (TPSA) is 21.3 Å². The molecule has 0 aliphatic rings. The molecule has 18 heavy (non-hydrogen) atoms. The average molecular weight is 288 g/mol. The van der Waals surface area contributed by atoms with Crippen molar-refractivity contribution < 1.29 is 4.74 Å². The zero-order chi connectivity index (χ0) is 13.4. The van der Waals surface area contributed by atoms with Crippen LogP contribution in [0.4, 0.5) is 0 Å². The van der Waals surface area contributed by atoms with Crippen LogP contribution in [-0.2, 0) is 6.54 Å². The molecule has 4 heteroatoms. The second-order valence-electron chi connectivity index (χ2n) is 4.46. The molecule has 1 N–H and O–H groups in total. The first-order chi connectivity index (χ1) is 8.65. The fraction of sp³-hybridized carbons (Fsp3) is 0.571. The van der Waals surface area contributed by atoms with Crippen LogP contribution in [0.15, 0.2) is 18.2 Å². The summed E-state index contributed by atoms with van der Waals surface area (Å²) in [6.45, 7) is 5.77. The maximum atomic E-state index is 6.20. The van der Waals surface area contributed by atoms with Crippen molar-refractivity contribution in [2.75, 3.05) is 18.6 Å². The van der Waals surface area contributed by atoms with Gasteiger partial charge in [0.25, 0.3) is 0 Å². The van der Waals surface area contributed by atoms with Gasteiger partial charge in [0, 0.05) is 18.2 Å². The highest BCUT2D eigenvalue weighted by Crippen LogP contribution is 2.28. The van der Waals surface area contributed by atoms with E-state index in [1.54, 1.807) is 0 Å². The summed E-state index contributed by atoms with van der Waals surface area (Å²) in [6.07, 6.45) is 3.15. The van der Waals surface area contributed by atoms with Crippen LogP contribution >= 0.6 is 23.4 Å². The lowest BCUT2D eigenvalue weighted by molar-refractivity contribution is 0.314. The second kappa shape index (κ2) is 8.68. The van der Waals surface area contributed by atoms with Crippen LogP contribution in [-0.4, -0.2) is 24.7 Å². The molecule has 102 valence electrons. The lowest BCUT2D eigenvalue weighted by atomic mass is 10.2. The lowest BCUT2D eigenvalue weighted by Crippen LogP contribution is -2.22. The standard InChI is InChI=1S/C14H22ClNOS/c1-11(2)16-10-12-6-4-7-13(15)14(12)17-8-5-9-18-3/h4,6-7,11,16H,5,8-10H2,1-3H3. The van der Waals surface area contributed by atoms with Gasteiger partial charge in [-0.15, -0.1) is 0 Å². The lowest BCUT2D eigenvalue weighted by Gasteiger charge is -2.15. The number of ether oxygens (including phenoxy) is 1. The van der Waals surface area contributed by atoms with E-state index < -0.39 is 0 Å². The quantitative estimate of drug-likeness (QED) is 0.731. The Bertz CT molecular complexity index is 358. The summed E-state index contributed by atoms with van der Waals surface area (Å²) in [5.41, 5.74) is 1.13. The molecule has 0 aliphatic carbocycles. The molecule has 0 unspecified atom stereocenters. The van der Waals surface area contributed by atoms with Gasteiger partial charge in [-0.25, -0.2) is 0 Å². The minimum atomic E-state index is 0.452. The minimum absolute atomic E-state index is 0.452. The Morgan fingerprint density at radius 2 is 2.17 bits per heavy atom. The van der Waals surface area contributed by atoms with Gasteiger partial charge in [0.15, 0.2) is 0 Å². The number of thioether (sulfide) groups is 1. The van der Waals surface area contributed by atoms with Crippen molar-refractivity contribution in [1.29, 1.82) is 0 Å². The van der Waals surface area contributed by atoms with Gasteiger partial charge >= 0.3 is 0 Å². The van der Waals surface area contributed by atoms with E-state index in [9.17, 15) is 0 Å². The highest BCUT2D eigenvalue weighted by molar-refractivity contribution is 7.98. The molecule has 0 spiro atoms. The van der Waals surface area contributed by atoms with Gasteiger partial charge in [-0.1, -0.05) is 37.6 Å². The van der Waals surface area contributed by atoms with Gasteiger partial charge in [-0.2, -0.15) is 11.8 Å². The van der Waals surface area contributed by atoms with E-state index in [1.807, 2.05) is 23.9 Å². The average Bonchev–Trinajstić information content (AvgIpc) is 2.34. The van der Waals surface area contributed by atoms with Crippen LogP contribution in [0.25, 0.3) is 0 Å². The van der Waals surface area contributed by atoms with Crippen molar-refractivity contribution >= 4 is 23.4 Å². The summed E-state index contributed by atoms with van der Waals surface area (Å²) >= 11 is 8.03. The van der Waals surface area contributed by atoms with Crippen molar-refractivity contribution in [3.8, 4) is 5.75 Å². The molecular weight excluding hydrogens is 266 g/mol. The molecular formula is C14H22ClNOS. The van der Waals surface area contributed by atoms with E-state index in [-0.39, 0.29) is 0 Å². The van der Waals surface area contributed by atoms with Crippen molar-refractivity contribution in [3.63, 3.8) is 0 Å². The van der Waals surface area contributed by atoms with Crippen LogP contribution in [0, 0.1) is 0 Å². The smallest absolute Gasteiger partial charge is 0.142 e. The molecule has 1 aromatic carbocycles. The molecule has 0 heterocycles. The SMILES string of the molecule is CSCCCOc1c(Cl)cccc1CNC(C)C. The van der Waals surface area contributed by atoms with Crippen LogP contribution in [0.1, 0.15) is 25.8 Å². The van der Waals surface area contributed by atoms with Gasteiger partial charge in [-0.05, 0) is 24.5 Å². The third-order valence-electron chi connectivity index (χ3n) is 2.49. The first-order valence-corrected chi connectivity index (χ1v) is 8.05. The molecule has 2 nitrogen and oxygen atoms in total. The normalized spacial score (nSPS) is 10.9. The Kier molecular flexibility index (Phi) is 7.56. The van der Waals surface area contributed by atoms with Crippen molar-refractivity contribution in [2.45, 2.75) is 32.9 Å². The number of rotatable bonds is 8. The van der Waals surface area contributed by atoms with E-state index in [2.05, 4.69) is 31.5 Å². The Balaban J connectivity index is 2.62. The summed E-state index contributed by atoms with van der Waals surface area (Å²) in [4.78, 5) is 0. The Morgan fingerprint density at radius 3 is 2.83 bits per heavy atom. The summed E-state index contributed by atoms with van der Waals surface area (Å²) in [6, 6.07) is 6.36. The number of hydrogen-bond donors (Lipinski definition) is 1. The molecule has 0 aromatic heterocycles. The van der Waals surface area contributed by atoms with Gasteiger partial charge in [0.05, 0.1) is 11.6 Å². The highest BCUT2D eigenvalue weighted by atomic mass is 35.5. The van der Waals surface area contributed by atoms with Crippen molar-refractivity contribution in [3.05, 3.63) is 28.8 Å². The number of halogens is 1. The van der Waals surface area contributed by atoms with Crippen LogP contribution in [0.3, 0.4) is 0 Å². The summed E-state index contributed by atoms with van der Waals surface area (Å²) in [7, 11) is 0. The third kappa shape index (κ3) is 5.51. The molecule has 0 atom stereocenters. The second-order valence-corrected chi connectivity index (χ2v) is 5.85. The van der Waals surface area contributed by atoms with E-state index >= 15 is 0 Å². The van der Waals surface area contributed by atoms with Crippen LogP contribution < -0.4 is 10.1 Å². The third-order valence-corrected chi connectivity index (χ3v) is 3.48. The minimum Gasteiger partial charge on any atom is -0.492 e. The first kappa shape index (κ1) is 15.7. The number of para-hydroxylation sites is 1. The maximum absolute atomic E-state index is 6.20. The first-order valence-electron chi connectivity index (χ1n) is 6.27. The van der Waals surface area contributed by atoms with Crippen LogP contribution in [0.2, 0.25) is 5.02 Å². The molecule has 0 fully saturated rings. The summed E-state index contributed by atoms with van der Waals surface area (Å²) < 4.78 is 5.82. The van der Waals surface area contributed by atoms with Crippen molar-refractivity contribution in [2.24, 2.45) is 0 Å². The predicted molar refractivity (Wildman–Crippen MR) is 81.9 cm³/mol. The number of benzene rings is 1. The molecule has 1 rings (SSSR count). The van der Waals surface area contributed by atoms with Gasteiger partial charge < -0.3 is 10.1 Å². The zero-order valence-corrected chi connectivity index (χ0v) is 12.9. The van der Waals surface area contributed by atoms with E-state index in [0.29, 0.717) is 11.1 Å².